The molecule has 0 aromatic heterocycles. The molecule has 4 heteroatoms. The predicted octanol–water partition coefficient (Wildman–Crippen LogP) is 1.43. The maximum atomic E-state index is 11.6. The number of nitriles is 1. The van der Waals surface area contributed by atoms with Crippen molar-refractivity contribution in [3.05, 3.63) is 0 Å². The van der Waals surface area contributed by atoms with Crippen molar-refractivity contribution in [2.24, 2.45) is 11.8 Å². The van der Waals surface area contributed by atoms with Crippen LogP contribution in [-0.4, -0.2) is 25.5 Å². The Labute approximate surface area is 104 Å². The fraction of sp³-hybridized carbons (Fsp3) is 0.846. The van der Waals surface area contributed by atoms with Crippen molar-refractivity contribution in [3.8, 4) is 6.07 Å². The van der Waals surface area contributed by atoms with Crippen LogP contribution in [0.2, 0.25) is 0 Å². The third kappa shape index (κ3) is 5.69. The van der Waals surface area contributed by atoms with Crippen LogP contribution in [0.3, 0.4) is 0 Å². The number of piperidine rings is 1. The lowest BCUT2D eigenvalue weighted by atomic mass is 9.85. The smallest absolute Gasteiger partial charge is 0.220 e. The molecular formula is C13H23N3O. The van der Waals surface area contributed by atoms with Gasteiger partial charge in [0, 0.05) is 19.4 Å². The third-order valence-electron chi connectivity index (χ3n) is 3.43. The maximum Gasteiger partial charge on any atom is 0.220 e. The molecule has 0 aromatic carbocycles. The topological polar surface area (TPSA) is 64.9 Å². The van der Waals surface area contributed by atoms with Crippen LogP contribution >= 0.6 is 0 Å². The highest BCUT2D eigenvalue weighted by atomic mass is 16.1. The zero-order valence-electron chi connectivity index (χ0n) is 10.7. The maximum absolute atomic E-state index is 11.6. The van der Waals surface area contributed by atoms with Gasteiger partial charge in [0.25, 0.3) is 0 Å². The number of rotatable bonds is 6. The molecule has 1 aliphatic heterocycles. The third-order valence-corrected chi connectivity index (χ3v) is 3.43. The number of nitrogens with one attached hydrogen (secondary N) is 2. The van der Waals surface area contributed by atoms with Crippen molar-refractivity contribution in [1.29, 1.82) is 5.26 Å². The minimum Gasteiger partial charge on any atom is -0.356 e. The van der Waals surface area contributed by atoms with Gasteiger partial charge in [0.2, 0.25) is 5.91 Å². The molecule has 17 heavy (non-hydrogen) atoms. The van der Waals surface area contributed by atoms with Crippen LogP contribution in [0.25, 0.3) is 0 Å². The van der Waals surface area contributed by atoms with Gasteiger partial charge in [-0.1, -0.05) is 6.92 Å². The van der Waals surface area contributed by atoms with E-state index in [0.717, 1.165) is 19.5 Å². The second-order valence-corrected chi connectivity index (χ2v) is 4.90. The van der Waals surface area contributed by atoms with Crippen LogP contribution in [0.4, 0.5) is 0 Å². The monoisotopic (exact) mass is 237 g/mol. The first-order chi connectivity index (χ1) is 8.24. The van der Waals surface area contributed by atoms with Gasteiger partial charge in [0.05, 0.1) is 6.07 Å². The number of carbonyl (C=O) groups excluding carboxylic acids is 1. The van der Waals surface area contributed by atoms with E-state index in [9.17, 15) is 4.79 Å². The molecule has 1 fully saturated rings. The highest BCUT2D eigenvalue weighted by molar-refractivity contribution is 5.76. The Bertz CT molecular complexity index is 266. The van der Waals surface area contributed by atoms with E-state index in [2.05, 4.69) is 23.6 Å². The van der Waals surface area contributed by atoms with Crippen LogP contribution in [-0.2, 0) is 4.79 Å². The molecule has 0 bridgehead atoms. The molecule has 0 aromatic rings. The molecule has 1 aliphatic rings. The van der Waals surface area contributed by atoms with E-state index in [-0.39, 0.29) is 5.91 Å². The summed E-state index contributed by atoms with van der Waals surface area (Å²) >= 11 is 0. The lowest BCUT2D eigenvalue weighted by molar-refractivity contribution is -0.122. The van der Waals surface area contributed by atoms with E-state index in [4.69, 9.17) is 5.26 Å². The van der Waals surface area contributed by atoms with Gasteiger partial charge >= 0.3 is 0 Å². The molecule has 2 atom stereocenters. The fourth-order valence-corrected chi connectivity index (χ4v) is 2.29. The van der Waals surface area contributed by atoms with E-state index in [1.807, 2.05) is 0 Å². The van der Waals surface area contributed by atoms with Gasteiger partial charge < -0.3 is 10.6 Å². The average Bonchev–Trinajstić information content (AvgIpc) is 2.36. The molecule has 0 saturated carbocycles. The van der Waals surface area contributed by atoms with E-state index in [0.29, 0.717) is 31.2 Å². The predicted molar refractivity (Wildman–Crippen MR) is 67.2 cm³/mol. The van der Waals surface area contributed by atoms with Gasteiger partial charge in [0.1, 0.15) is 0 Å². The van der Waals surface area contributed by atoms with Crippen LogP contribution in [0.5, 0.6) is 0 Å². The molecule has 0 aliphatic carbocycles. The second kappa shape index (κ2) is 8.08. The van der Waals surface area contributed by atoms with Gasteiger partial charge in [0.15, 0.2) is 0 Å². The minimum absolute atomic E-state index is 0.126. The van der Waals surface area contributed by atoms with E-state index in [1.165, 1.54) is 12.8 Å². The van der Waals surface area contributed by atoms with Gasteiger partial charge in [-0.3, -0.25) is 4.79 Å². The summed E-state index contributed by atoms with van der Waals surface area (Å²) in [5.41, 5.74) is 0. The molecule has 0 radical (unpaired) electrons. The zero-order chi connectivity index (χ0) is 12.5. The Morgan fingerprint density at radius 3 is 3.12 bits per heavy atom. The van der Waals surface area contributed by atoms with E-state index in [1.54, 1.807) is 0 Å². The van der Waals surface area contributed by atoms with Crippen molar-refractivity contribution in [1.82, 2.24) is 10.6 Å². The van der Waals surface area contributed by atoms with Crippen molar-refractivity contribution >= 4 is 5.91 Å². The quantitative estimate of drug-likeness (QED) is 0.687. The zero-order valence-corrected chi connectivity index (χ0v) is 10.7. The largest absolute Gasteiger partial charge is 0.356 e. The molecule has 96 valence electrons. The summed E-state index contributed by atoms with van der Waals surface area (Å²) < 4.78 is 0. The Morgan fingerprint density at radius 1 is 1.65 bits per heavy atom. The molecule has 0 spiro atoms. The molecular weight excluding hydrogens is 214 g/mol. The SMILES string of the molecule is CC(CC(=O)NCCCC#N)C1CCCNC1. The fourth-order valence-electron chi connectivity index (χ4n) is 2.29. The molecule has 2 unspecified atom stereocenters. The summed E-state index contributed by atoms with van der Waals surface area (Å²) in [5.74, 6) is 1.20. The van der Waals surface area contributed by atoms with Crippen LogP contribution in [0.1, 0.15) is 39.0 Å². The molecule has 1 heterocycles. The van der Waals surface area contributed by atoms with Crippen LogP contribution in [0.15, 0.2) is 0 Å². The Balaban J connectivity index is 2.14. The van der Waals surface area contributed by atoms with Crippen molar-refractivity contribution in [2.75, 3.05) is 19.6 Å². The van der Waals surface area contributed by atoms with Gasteiger partial charge in [-0.15, -0.1) is 0 Å². The van der Waals surface area contributed by atoms with Gasteiger partial charge in [-0.25, -0.2) is 0 Å². The summed E-state index contributed by atoms with van der Waals surface area (Å²) in [4.78, 5) is 11.6. The standard InChI is InChI=1S/C13H23N3O/c1-11(12-5-4-7-15-10-12)9-13(17)16-8-3-2-6-14/h11-12,15H,2-5,7-10H2,1H3,(H,16,17). The first-order valence-corrected chi connectivity index (χ1v) is 6.58. The molecule has 1 amide bonds. The first kappa shape index (κ1) is 14.0. The number of carbonyl (C=O) groups is 1. The molecule has 1 saturated heterocycles. The van der Waals surface area contributed by atoms with Crippen LogP contribution in [0, 0.1) is 23.2 Å². The summed E-state index contributed by atoms with van der Waals surface area (Å²) in [6.45, 7) is 4.95. The highest BCUT2D eigenvalue weighted by Gasteiger charge is 2.21. The Hall–Kier alpha value is -1.08. The summed E-state index contributed by atoms with van der Waals surface area (Å²) in [7, 11) is 0. The number of nitrogens with zero attached hydrogens (tertiary/aromatic N) is 1. The normalized spacial score (nSPS) is 21.5. The Morgan fingerprint density at radius 2 is 2.47 bits per heavy atom. The molecule has 4 nitrogen and oxygen atoms in total. The average molecular weight is 237 g/mol. The Kier molecular flexibility index (Phi) is 6.64. The number of unbranched alkanes of at least 4 members (excludes halogenated alkanes) is 1. The summed E-state index contributed by atoms with van der Waals surface area (Å²) in [6, 6.07) is 2.07. The highest BCUT2D eigenvalue weighted by Crippen LogP contribution is 2.22. The van der Waals surface area contributed by atoms with Crippen molar-refractivity contribution < 1.29 is 4.79 Å². The number of hydrogen-bond donors (Lipinski definition) is 2. The summed E-state index contributed by atoms with van der Waals surface area (Å²) in [5, 5.41) is 14.6. The lowest BCUT2D eigenvalue weighted by Crippen LogP contribution is -2.35. The van der Waals surface area contributed by atoms with Gasteiger partial charge in [-0.2, -0.15) is 5.26 Å². The lowest BCUT2D eigenvalue weighted by Gasteiger charge is -2.28. The van der Waals surface area contributed by atoms with E-state index >= 15 is 0 Å². The summed E-state index contributed by atoms with van der Waals surface area (Å²) in [6.07, 6.45) is 4.33. The van der Waals surface area contributed by atoms with E-state index < -0.39 is 0 Å². The number of amides is 1. The molecule has 1 rings (SSSR count). The van der Waals surface area contributed by atoms with Gasteiger partial charge in [-0.05, 0) is 44.2 Å². The molecule has 2 N–H and O–H groups in total. The first-order valence-electron chi connectivity index (χ1n) is 6.58. The number of hydrogen-bond acceptors (Lipinski definition) is 3. The van der Waals surface area contributed by atoms with Crippen LogP contribution < -0.4 is 10.6 Å². The van der Waals surface area contributed by atoms with Crippen molar-refractivity contribution in [2.45, 2.75) is 39.0 Å². The van der Waals surface area contributed by atoms with Crippen molar-refractivity contribution in [3.63, 3.8) is 0 Å². The minimum atomic E-state index is 0.126. The second-order valence-electron chi connectivity index (χ2n) is 4.90.